The highest BCUT2D eigenvalue weighted by Crippen LogP contribution is 2.24. The predicted octanol–water partition coefficient (Wildman–Crippen LogP) is 3.13. The first-order valence-corrected chi connectivity index (χ1v) is 9.47. The Labute approximate surface area is 163 Å². The number of fused-ring (bicyclic) bond motifs is 1. The third kappa shape index (κ3) is 5.58. The second-order valence-electron chi connectivity index (χ2n) is 7.29. The molecule has 0 aliphatic rings. The van der Waals surface area contributed by atoms with E-state index in [9.17, 15) is 19.5 Å². The van der Waals surface area contributed by atoms with Crippen LogP contribution in [0, 0.1) is 5.92 Å². The molecular formula is C21H27NO6. The van der Waals surface area contributed by atoms with E-state index in [2.05, 4.69) is 5.32 Å². The van der Waals surface area contributed by atoms with Crippen LogP contribution in [0.15, 0.2) is 33.5 Å². The van der Waals surface area contributed by atoms with Crippen molar-refractivity contribution >= 4 is 22.8 Å². The minimum atomic E-state index is -1.08. The van der Waals surface area contributed by atoms with E-state index < -0.39 is 29.6 Å². The normalized spacial score (nSPS) is 13.3. The number of hydrogen-bond donors (Lipinski definition) is 2. The van der Waals surface area contributed by atoms with Crippen LogP contribution in [0.2, 0.25) is 0 Å². The molecule has 1 aromatic heterocycles. The van der Waals surface area contributed by atoms with E-state index >= 15 is 0 Å². The van der Waals surface area contributed by atoms with Crippen molar-refractivity contribution in [1.29, 1.82) is 0 Å². The first-order valence-electron chi connectivity index (χ1n) is 9.47. The quantitative estimate of drug-likeness (QED) is 0.638. The number of aryl methyl sites for hydroxylation is 1. The molecule has 2 N–H and O–H groups in total. The van der Waals surface area contributed by atoms with Crippen LogP contribution >= 0.6 is 0 Å². The first kappa shape index (κ1) is 21.5. The number of benzene rings is 1. The van der Waals surface area contributed by atoms with Gasteiger partial charge in [-0.05, 0) is 43.4 Å². The lowest BCUT2D eigenvalue weighted by Gasteiger charge is -2.20. The minimum Gasteiger partial charge on any atom is -0.481 e. The summed E-state index contributed by atoms with van der Waals surface area (Å²) in [4.78, 5) is 35.4. The van der Waals surface area contributed by atoms with Gasteiger partial charge in [0.05, 0.1) is 0 Å². The van der Waals surface area contributed by atoms with Crippen LogP contribution in [0.1, 0.15) is 46.1 Å². The molecule has 28 heavy (non-hydrogen) atoms. The molecule has 0 saturated heterocycles. The Morgan fingerprint density at radius 2 is 1.93 bits per heavy atom. The number of aliphatic carboxylic acids is 1. The number of carboxylic acid groups (broad SMARTS) is 1. The number of nitrogens with one attached hydrogen (secondary N) is 1. The highest BCUT2D eigenvalue weighted by Gasteiger charge is 2.24. The minimum absolute atomic E-state index is 0.123. The maximum absolute atomic E-state index is 12.3. The molecule has 0 spiro atoms. The Balaban J connectivity index is 2.15. The second kappa shape index (κ2) is 9.39. The largest absolute Gasteiger partial charge is 0.481 e. The molecule has 2 rings (SSSR count). The zero-order valence-electron chi connectivity index (χ0n) is 16.7. The summed E-state index contributed by atoms with van der Waals surface area (Å²) in [5.41, 5.74) is 0.866. The summed E-state index contributed by atoms with van der Waals surface area (Å²) < 4.78 is 10.9. The van der Waals surface area contributed by atoms with Gasteiger partial charge in [0.1, 0.15) is 17.4 Å². The van der Waals surface area contributed by atoms with Crippen LogP contribution in [0.25, 0.3) is 11.0 Å². The van der Waals surface area contributed by atoms with E-state index in [0.29, 0.717) is 17.8 Å². The number of ether oxygens (including phenoxy) is 1. The van der Waals surface area contributed by atoms with E-state index in [0.717, 1.165) is 23.8 Å². The van der Waals surface area contributed by atoms with E-state index in [1.165, 1.54) is 13.0 Å². The number of amides is 1. The number of hydrogen-bond acceptors (Lipinski definition) is 5. The molecule has 0 fully saturated rings. The van der Waals surface area contributed by atoms with Crippen LogP contribution in [0.3, 0.4) is 0 Å². The third-order valence-electron chi connectivity index (χ3n) is 4.32. The van der Waals surface area contributed by atoms with Crippen molar-refractivity contribution in [2.75, 3.05) is 0 Å². The predicted molar refractivity (Wildman–Crippen MR) is 106 cm³/mol. The van der Waals surface area contributed by atoms with Gasteiger partial charge in [-0.15, -0.1) is 0 Å². The molecule has 152 valence electrons. The van der Waals surface area contributed by atoms with Gasteiger partial charge in [-0.25, -0.2) is 9.59 Å². The average Bonchev–Trinajstić information content (AvgIpc) is 2.60. The molecule has 2 aromatic rings. The zero-order valence-corrected chi connectivity index (χ0v) is 16.7. The van der Waals surface area contributed by atoms with E-state index in [-0.39, 0.29) is 5.92 Å². The monoisotopic (exact) mass is 389 g/mol. The number of rotatable bonds is 9. The Morgan fingerprint density at radius 1 is 1.21 bits per heavy atom. The van der Waals surface area contributed by atoms with Crippen LogP contribution in [0.4, 0.5) is 0 Å². The summed E-state index contributed by atoms with van der Waals surface area (Å²) in [6, 6.07) is 5.59. The maximum atomic E-state index is 12.3. The Bertz CT molecular complexity index is 901. The van der Waals surface area contributed by atoms with Gasteiger partial charge >= 0.3 is 11.6 Å². The molecule has 0 aliphatic carbocycles. The summed E-state index contributed by atoms with van der Waals surface area (Å²) in [6.45, 7) is 7.34. The molecule has 7 nitrogen and oxygen atoms in total. The maximum Gasteiger partial charge on any atom is 0.336 e. The van der Waals surface area contributed by atoms with E-state index in [1.807, 2.05) is 20.8 Å². The van der Waals surface area contributed by atoms with Crippen LogP contribution in [0.5, 0.6) is 5.75 Å². The molecule has 0 radical (unpaired) electrons. The molecule has 0 bridgehead atoms. The topological polar surface area (TPSA) is 106 Å². The van der Waals surface area contributed by atoms with Gasteiger partial charge in [0.2, 0.25) is 0 Å². The van der Waals surface area contributed by atoms with Gasteiger partial charge in [0.25, 0.3) is 5.91 Å². The average molecular weight is 389 g/mol. The number of carboxylic acids is 1. The standard InChI is InChI=1S/C21H27NO6/c1-5-6-14-10-19(23)28-18-11-15(7-8-16(14)18)27-13(4)20(24)22-17(21(25)26)9-12(2)3/h7-8,10-13,17H,5-6,9H2,1-4H3,(H,22,24)(H,25,26)/t13-,17-/m0/s1. The van der Waals surface area contributed by atoms with E-state index in [1.54, 1.807) is 18.2 Å². The van der Waals surface area contributed by atoms with Crippen LogP contribution < -0.4 is 15.7 Å². The van der Waals surface area contributed by atoms with Crippen molar-refractivity contribution in [3.8, 4) is 5.75 Å². The van der Waals surface area contributed by atoms with Crippen LogP contribution in [-0.2, 0) is 16.0 Å². The van der Waals surface area contributed by atoms with Gasteiger partial charge in [-0.1, -0.05) is 27.2 Å². The smallest absolute Gasteiger partial charge is 0.336 e. The van der Waals surface area contributed by atoms with Crippen molar-refractivity contribution in [2.45, 2.75) is 59.1 Å². The lowest BCUT2D eigenvalue weighted by atomic mass is 10.0. The van der Waals surface area contributed by atoms with Gasteiger partial charge in [-0.3, -0.25) is 4.79 Å². The summed E-state index contributed by atoms with van der Waals surface area (Å²) in [5.74, 6) is -1.11. The lowest BCUT2D eigenvalue weighted by molar-refractivity contribution is -0.143. The third-order valence-corrected chi connectivity index (χ3v) is 4.32. The number of carbonyl (C=O) groups is 2. The molecule has 1 heterocycles. The lowest BCUT2D eigenvalue weighted by Crippen LogP contribution is -2.46. The van der Waals surface area contributed by atoms with Gasteiger partial charge < -0.3 is 19.6 Å². The fraction of sp³-hybridized carbons (Fsp3) is 0.476. The SMILES string of the molecule is CCCc1cc(=O)oc2cc(O[C@@H](C)C(=O)N[C@@H](CC(C)C)C(=O)O)ccc12. The summed E-state index contributed by atoms with van der Waals surface area (Å²) >= 11 is 0. The van der Waals surface area contributed by atoms with Crippen LogP contribution in [-0.4, -0.2) is 29.1 Å². The van der Waals surface area contributed by atoms with Crippen molar-refractivity contribution in [3.05, 3.63) is 40.2 Å². The zero-order chi connectivity index (χ0) is 20.8. The number of carbonyl (C=O) groups excluding carboxylic acids is 1. The van der Waals surface area contributed by atoms with Crippen molar-refractivity contribution in [3.63, 3.8) is 0 Å². The molecule has 1 aromatic carbocycles. The molecule has 2 atom stereocenters. The fourth-order valence-electron chi connectivity index (χ4n) is 3.00. The van der Waals surface area contributed by atoms with Gasteiger partial charge in [-0.2, -0.15) is 0 Å². The molecule has 1 amide bonds. The summed E-state index contributed by atoms with van der Waals surface area (Å²) in [6.07, 6.45) is 1.08. The molecule has 0 aliphatic heterocycles. The second-order valence-corrected chi connectivity index (χ2v) is 7.29. The molecular weight excluding hydrogens is 362 g/mol. The van der Waals surface area contributed by atoms with Crippen molar-refractivity contribution < 1.29 is 23.8 Å². The molecule has 0 saturated carbocycles. The van der Waals surface area contributed by atoms with Crippen molar-refractivity contribution in [2.24, 2.45) is 5.92 Å². The van der Waals surface area contributed by atoms with Gasteiger partial charge in [0.15, 0.2) is 6.10 Å². The Kier molecular flexibility index (Phi) is 7.20. The Hall–Kier alpha value is -2.83. The van der Waals surface area contributed by atoms with Crippen molar-refractivity contribution in [1.82, 2.24) is 5.32 Å². The molecule has 7 heteroatoms. The fourth-order valence-corrected chi connectivity index (χ4v) is 3.00. The highest BCUT2D eigenvalue weighted by molar-refractivity contribution is 5.86. The summed E-state index contributed by atoms with van der Waals surface area (Å²) in [7, 11) is 0. The van der Waals surface area contributed by atoms with E-state index in [4.69, 9.17) is 9.15 Å². The summed E-state index contributed by atoms with van der Waals surface area (Å²) in [5, 5.41) is 12.6. The highest BCUT2D eigenvalue weighted by atomic mass is 16.5. The van der Waals surface area contributed by atoms with Gasteiger partial charge in [0, 0.05) is 17.5 Å². The molecule has 0 unspecified atom stereocenters. The first-order chi connectivity index (χ1) is 13.2. The Morgan fingerprint density at radius 3 is 2.54 bits per heavy atom.